The van der Waals surface area contributed by atoms with Gasteiger partial charge in [-0.15, -0.1) is 0 Å². The Bertz CT molecular complexity index is 720. The van der Waals surface area contributed by atoms with Gasteiger partial charge in [-0.3, -0.25) is 19.4 Å². The number of amides is 2. The van der Waals surface area contributed by atoms with E-state index in [1.54, 1.807) is 6.08 Å². The van der Waals surface area contributed by atoms with Gasteiger partial charge in [0.2, 0.25) is 11.8 Å². The molecule has 0 N–H and O–H groups in total. The third-order valence-corrected chi connectivity index (χ3v) is 7.37. The maximum absolute atomic E-state index is 13.2. The predicted molar refractivity (Wildman–Crippen MR) is 141 cm³/mol. The van der Waals surface area contributed by atoms with Crippen LogP contribution in [0, 0.1) is 0 Å². The SMILES string of the molecule is C=CC(=O)N1C[C@H](C)N(C(C)C)C[C@H]1CC[C@H]1CN(C(C)C)C[C@@H](C)N1C(=O)/C=C/CN(C)C. The first-order valence-corrected chi connectivity index (χ1v) is 13.0. The highest BCUT2D eigenvalue weighted by Gasteiger charge is 2.38. The quantitative estimate of drug-likeness (QED) is 0.480. The standard InChI is InChI=1S/C27H49N5O2/c1-10-26(33)31-17-22(6)30(21(4)5)19-24(31)13-14-25-18-29(20(2)3)16-23(7)32(25)27(34)12-11-15-28(8)9/h10-12,20-25H,1,13-19H2,2-9H3/b12-11+/t22-,23+,24+,25-/m0/s1. The summed E-state index contributed by atoms with van der Waals surface area (Å²) in [5.41, 5.74) is 0. The first-order valence-electron chi connectivity index (χ1n) is 13.0. The summed E-state index contributed by atoms with van der Waals surface area (Å²) in [7, 11) is 4.01. The van der Waals surface area contributed by atoms with Crippen molar-refractivity contribution in [2.45, 2.75) is 90.6 Å². The zero-order valence-corrected chi connectivity index (χ0v) is 22.9. The topological polar surface area (TPSA) is 50.3 Å². The van der Waals surface area contributed by atoms with Gasteiger partial charge < -0.3 is 14.7 Å². The first-order chi connectivity index (χ1) is 16.0. The second-order valence-electron chi connectivity index (χ2n) is 11.0. The largest absolute Gasteiger partial charge is 0.333 e. The van der Waals surface area contributed by atoms with E-state index >= 15 is 0 Å². The van der Waals surface area contributed by atoms with Crippen LogP contribution < -0.4 is 0 Å². The van der Waals surface area contributed by atoms with E-state index in [4.69, 9.17) is 0 Å². The Hall–Kier alpha value is -1.70. The lowest BCUT2D eigenvalue weighted by atomic mass is 9.95. The molecule has 0 saturated carbocycles. The summed E-state index contributed by atoms with van der Waals surface area (Å²) in [6.07, 6.45) is 6.90. The maximum Gasteiger partial charge on any atom is 0.246 e. The molecular formula is C27H49N5O2. The van der Waals surface area contributed by atoms with E-state index in [2.05, 4.69) is 67.7 Å². The first kappa shape index (κ1) is 28.5. The van der Waals surface area contributed by atoms with Gasteiger partial charge in [0.1, 0.15) is 0 Å². The molecule has 2 rings (SSSR count). The molecule has 0 aromatic heterocycles. The molecule has 34 heavy (non-hydrogen) atoms. The summed E-state index contributed by atoms with van der Waals surface area (Å²) >= 11 is 0. The van der Waals surface area contributed by atoms with E-state index in [0.29, 0.717) is 18.1 Å². The van der Waals surface area contributed by atoms with Crippen LogP contribution >= 0.6 is 0 Å². The van der Waals surface area contributed by atoms with Gasteiger partial charge in [-0.05, 0) is 74.6 Å². The fourth-order valence-electron chi connectivity index (χ4n) is 5.52. The van der Waals surface area contributed by atoms with Gasteiger partial charge in [0.05, 0.1) is 0 Å². The van der Waals surface area contributed by atoms with Crippen LogP contribution in [-0.4, -0.2) is 119 Å². The van der Waals surface area contributed by atoms with Gasteiger partial charge in [0.25, 0.3) is 0 Å². The molecule has 0 unspecified atom stereocenters. The molecule has 2 heterocycles. The van der Waals surface area contributed by atoms with Gasteiger partial charge in [-0.1, -0.05) is 12.7 Å². The lowest BCUT2D eigenvalue weighted by Gasteiger charge is -2.49. The molecule has 0 bridgehead atoms. The van der Waals surface area contributed by atoms with Crippen LogP contribution in [0.1, 0.15) is 54.4 Å². The highest BCUT2D eigenvalue weighted by Crippen LogP contribution is 2.26. The molecule has 2 aliphatic heterocycles. The Kier molecular flexibility index (Phi) is 10.8. The Labute approximate surface area is 208 Å². The second-order valence-corrected chi connectivity index (χ2v) is 11.0. The summed E-state index contributed by atoms with van der Waals surface area (Å²) in [5.74, 6) is 0.114. The van der Waals surface area contributed by atoms with Crippen molar-refractivity contribution in [2.24, 2.45) is 0 Å². The highest BCUT2D eigenvalue weighted by molar-refractivity contribution is 5.88. The highest BCUT2D eigenvalue weighted by atomic mass is 16.2. The Morgan fingerprint density at radius 1 is 0.912 bits per heavy atom. The van der Waals surface area contributed by atoms with E-state index in [1.165, 1.54) is 6.08 Å². The summed E-state index contributed by atoms with van der Waals surface area (Å²) in [4.78, 5) is 37.1. The van der Waals surface area contributed by atoms with Crippen LogP contribution in [0.15, 0.2) is 24.8 Å². The molecule has 4 atom stereocenters. The van der Waals surface area contributed by atoms with E-state index in [9.17, 15) is 9.59 Å². The molecule has 0 radical (unpaired) electrons. The number of likely N-dealkylation sites (N-methyl/N-ethyl adjacent to an activating group) is 1. The predicted octanol–water partition coefficient (Wildman–Crippen LogP) is 2.69. The molecular weight excluding hydrogens is 426 g/mol. The minimum Gasteiger partial charge on any atom is -0.333 e. The third-order valence-electron chi connectivity index (χ3n) is 7.37. The zero-order valence-electron chi connectivity index (χ0n) is 22.9. The third kappa shape index (κ3) is 7.40. The van der Waals surface area contributed by atoms with Crippen LogP contribution in [0.5, 0.6) is 0 Å². The minimum absolute atomic E-state index is 0.0145. The molecule has 2 aliphatic rings. The summed E-state index contributed by atoms with van der Waals surface area (Å²) in [5, 5.41) is 0. The van der Waals surface area contributed by atoms with Crippen LogP contribution in [-0.2, 0) is 9.59 Å². The van der Waals surface area contributed by atoms with Crippen molar-refractivity contribution >= 4 is 11.8 Å². The average molecular weight is 476 g/mol. The van der Waals surface area contributed by atoms with E-state index < -0.39 is 0 Å². The van der Waals surface area contributed by atoms with Crippen molar-refractivity contribution in [3.05, 3.63) is 24.8 Å². The molecule has 0 aromatic rings. The number of piperazine rings is 2. The van der Waals surface area contributed by atoms with Gasteiger partial charge >= 0.3 is 0 Å². The van der Waals surface area contributed by atoms with Crippen molar-refractivity contribution in [3.8, 4) is 0 Å². The second kappa shape index (κ2) is 12.8. The zero-order chi connectivity index (χ0) is 25.6. The van der Waals surface area contributed by atoms with Gasteiger partial charge in [-0.25, -0.2) is 0 Å². The van der Waals surface area contributed by atoms with E-state index in [0.717, 1.165) is 45.6 Å². The normalized spacial score (nSPS) is 27.4. The molecule has 194 valence electrons. The summed E-state index contributed by atoms with van der Waals surface area (Å²) < 4.78 is 0. The van der Waals surface area contributed by atoms with Crippen LogP contribution in [0.25, 0.3) is 0 Å². The molecule has 0 aromatic carbocycles. The van der Waals surface area contributed by atoms with Crippen LogP contribution in [0.3, 0.4) is 0 Å². The van der Waals surface area contributed by atoms with E-state index in [-0.39, 0.29) is 29.9 Å². The van der Waals surface area contributed by atoms with Crippen molar-refractivity contribution in [1.82, 2.24) is 24.5 Å². The molecule has 0 aliphatic carbocycles. The Morgan fingerprint density at radius 2 is 1.56 bits per heavy atom. The minimum atomic E-state index is 0.0145. The molecule has 2 fully saturated rings. The molecule has 2 saturated heterocycles. The summed E-state index contributed by atoms with van der Waals surface area (Å²) in [6, 6.07) is 1.63. The number of carbonyl (C=O) groups excluding carboxylic acids is 2. The van der Waals surface area contributed by atoms with Gasteiger partial charge in [0.15, 0.2) is 0 Å². The van der Waals surface area contributed by atoms with Crippen molar-refractivity contribution < 1.29 is 9.59 Å². The van der Waals surface area contributed by atoms with Crippen molar-refractivity contribution in [1.29, 1.82) is 0 Å². The Balaban J connectivity index is 2.21. The number of rotatable bonds is 9. The van der Waals surface area contributed by atoms with Crippen molar-refractivity contribution in [3.63, 3.8) is 0 Å². The number of hydrogen-bond acceptors (Lipinski definition) is 5. The molecule has 7 heteroatoms. The average Bonchev–Trinajstić information content (AvgIpc) is 2.76. The van der Waals surface area contributed by atoms with Crippen LogP contribution in [0.2, 0.25) is 0 Å². The van der Waals surface area contributed by atoms with Gasteiger partial charge in [-0.2, -0.15) is 0 Å². The summed E-state index contributed by atoms with van der Waals surface area (Å²) in [6.45, 7) is 21.1. The maximum atomic E-state index is 13.2. The van der Waals surface area contributed by atoms with Crippen LogP contribution in [0.4, 0.5) is 0 Å². The van der Waals surface area contributed by atoms with Crippen molar-refractivity contribution in [2.75, 3.05) is 46.8 Å². The smallest absolute Gasteiger partial charge is 0.246 e. The number of carbonyl (C=O) groups is 2. The fourth-order valence-corrected chi connectivity index (χ4v) is 5.52. The lowest BCUT2D eigenvalue weighted by molar-refractivity contribution is -0.137. The molecule has 7 nitrogen and oxygen atoms in total. The van der Waals surface area contributed by atoms with E-state index in [1.807, 2.05) is 25.1 Å². The number of hydrogen-bond donors (Lipinski definition) is 0. The lowest BCUT2D eigenvalue weighted by Crippen LogP contribution is -2.62. The van der Waals surface area contributed by atoms with Gasteiger partial charge in [0, 0.05) is 75.1 Å². The Morgan fingerprint density at radius 3 is 2.12 bits per heavy atom. The fraction of sp³-hybridized carbons (Fsp3) is 0.778. The monoisotopic (exact) mass is 475 g/mol. The molecule has 2 amide bonds. The molecule has 0 spiro atoms. The number of nitrogens with zero attached hydrogens (tertiary/aromatic N) is 5.